The third-order valence-corrected chi connectivity index (χ3v) is 3.55. The Morgan fingerprint density at radius 3 is 2.71 bits per heavy atom. The number of ether oxygens (including phenoxy) is 1. The van der Waals surface area contributed by atoms with Crippen molar-refractivity contribution in [2.24, 2.45) is 11.7 Å². The van der Waals surface area contributed by atoms with Crippen molar-refractivity contribution in [2.45, 2.75) is 45.2 Å². The molecule has 1 fully saturated rings. The summed E-state index contributed by atoms with van der Waals surface area (Å²) in [6, 6.07) is -0.965. The number of esters is 1. The van der Waals surface area contributed by atoms with Gasteiger partial charge < -0.3 is 15.4 Å². The maximum absolute atomic E-state index is 12.2. The Balaban J connectivity index is 2.71. The van der Waals surface area contributed by atoms with Crippen LogP contribution in [0.1, 0.15) is 33.1 Å². The average molecular weight is 242 g/mol. The second-order valence-electron chi connectivity index (χ2n) is 4.62. The molecule has 17 heavy (non-hydrogen) atoms. The van der Waals surface area contributed by atoms with Gasteiger partial charge in [0.1, 0.15) is 6.04 Å². The number of nitrogens with two attached hydrogens (primary N) is 1. The predicted molar refractivity (Wildman–Crippen MR) is 64.2 cm³/mol. The lowest BCUT2D eigenvalue weighted by Gasteiger charge is -2.27. The third-order valence-electron chi connectivity index (χ3n) is 3.55. The van der Waals surface area contributed by atoms with Crippen LogP contribution in [0.5, 0.6) is 0 Å². The number of likely N-dealkylation sites (tertiary alicyclic amines) is 1. The highest BCUT2D eigenvalue weighted by Gasteiger charge is 2.37. The molecule has 0 aromatic carbocycles. The molecule has 1 rings (SSSR count). The Morgan fingerprint density at radius 2 is 2.18 bits per heavy atom. The number of carbonyl (C=O) groups is 2. The van der Waals surface area contributed by atoms with Gasteiger partial charge in [0.05, 0.1) is 13.2 Å². The zero-order valence-electron chi connectivity index (χ0n) is 10.8. The van der Waals surface area contributed by atoms with Crippen LogP contribution in [0.3, 0.4) is 0 Å². The van der Waals surface area contributed by atoms with Crippen molar-refractivity contribution in [3.63, 3.8) is 0 Å². The minimum atomic E-state index is -0.523. The average Bonchev–Trinajstić information content (AvgIpc) is 2.83. The number of methoxy groups -OCH3 is 1. The Hall–Kier alpha value is -1.10. The van der Waals surface area contributed by atoms with Gasteiger partial charge in [0.25, 0.3) is 0 Å². The standard InChI is InChI=1S/C12H22N2O3/c1-4-8(2)10(13)11(15)14-7-5-6-9(14)12(16)17-3/h8-10H,4-7,13H2,1-3H3/t8?,9-,10?/m0/s1. The van der Waals surface area contributed by atoms with Gasteiger partial charge in [-0.1, -0.05) is 20.3 Å². The van der Waals surface area contributed by atoms with Crippen molar-refractivity contribution in [2.75, 3.05) is 13.7 Å². The van der Waals surface area contributed by atoms with E-state index in [4.69, 9.17) is 10.5 Å². The number of rotatable bonds is 4. The largest absolute Gasteiger partial charge is 0.467 e. The molecule has 1 aliphatic heterocycles. The first-order chi connectivity index (χ1) is 8.02. The summed E-state index contributed by atoms with van der Waals surface area (Å²) in [5, 5.41) is 0. The van der Waals surface area contributed by atoms with E-state index < -0.39 is 12.1 Å². The summed E-state index contributed by atoms with van der Waals surface area (Å²) in [5.74, 6) is -0.346. The van der Waals surface area contributed by atoms with Crippen LogP contribution < -0.4 is 5.73 Å². The summed E-state index contributed by atoms with van der Waals surface area (Å²) < 4.78 is 4.71. The summed E-state index contributed by atoms with van der Waals surface area (Å²) in [6.07, 6.45) is 2.36. The SMILES string of the molecule is CCC(C)C(N)C(=O)N1CCC[C@H]1C(=O)OC. The predicted octanol–water partition coefficient (Wildman–Crippen LogP) is 0.524. The molecule has 5 heteroatoms. The van der Waals surface area contributed by atoms with Crippen molar-refractivity contribution in [3.8, 4) is 0 Å². The molecule has 0 spiro atoms. The van der Waals surface area contributed by atoms with Crippen molar-refractivity contribution in [3.05, 3.63) is 0 Å². The second kappa shape index (κ2) is 6.00. The van der Waals surface area contributed by atoms with Gasteiger partial charge in [-0.3, -0.25) is 4.79 Å². The van der Waals surface area contributed by atoms with Crippen molar-refractivity contribution in [1.82, 2.24) is 4.90 Å². The van der Waals surface area contributed by atoms with Crippen molar-refractivity contribution >= 4 is 11.9 Å². The maximum Gasteiger partial charge on any atom is 0.328 e. The smallest absolute Gasteiger partial charge is 0.328 e. The van der Waals surface area contributed by atoms with Gasteiger partial charge in [-0.25, -0.2) is 4.79 Å². The van der Waals surface area contributed by atoms with E-state index in [0.29, 0.717) is 13.0 Å². The molecule has 98 valence electrons. The fraction of sp³-hybridized carbons (Fsp3) is 0.833. The summed E-state index contributed by atoms with van der Waals surface area (Å²) in [4.78, 5) is 25.3. The summed E-state index contributed by atoms with van der Waals surface area (Å²) in [6.45, 7) is 4.55. The molecule has 0 radical (unpaired) electrons. The Labute approximate surface area is 102 Å². The van der Waals surface area contributed by atoms with Gasteiger partial charge in [-0.15, -0.1) is 0 Å². The minimum absolute atomic E-state index is 0.126. The molecule has 0 aromatic rings. The lowest BCUT2D eigenvalue weighted by atomic mass is 9.98. The first-order valence-electron chi connectivity index (χ1n) is 6.16. The van der Waals surface area contributed by atoms with E-state index in [9.17, 15) is 9.59 Å². The molecular weight excluding hydrogens is 220 g/mol. The molecule has 1 heterocycles. The summed E-state index contributed by atoms with van der Waals surface area (Å²) in [7, 11) is 1.35. The quantitative estimate of drug-likeness (QED) is 0.730. The zero-order chi connectivity index (χ0) is 13.0. The molecular formula is C12H22N2O3. The first-order valence-corrected chi connectivity index (χ1v) is 6.16. The molecule has 0 bridgehead atoms. The van der Waals surface area contributed by atoms with Crippen molar-refractivity contribution < 1.29 is 14.3 Å². The van der Waals surface area contributed by atoms with Crippen LogP contribution in [0.25, 0.3) is 0 Å². The normalized spacial score (nSPS) is 23.3. The van der Waals surface area contributed by atoms with E-state index in [-0.39, 0.29) is 17.8 Å². The molecule has 5 nitrogen and oxygen atoms in total. The van der Waals surface area contributed by atoms with E-state index in [0.717, 1.165) is 12.8 Å². The maximum atomic E-state index is 12.2. The van der Waals surface area contributed by atoms with Crippen molar-refractivity contribution in [1.29, 1.82) is 0 Å². The van der Waals surface area contributed by atoms with Crippen LogP contribution in [0.2, 0.25) is 0 Å². The molecule has 2 N–H and O–H groups in total. The molecule has 1 aliphatic rings. The first kappa shape index (κ1) is 14.0. The van der Waals surface area contributed by atoms with E-state index in [1.807, 2.05) is 13.8 Å². The van der Waals surface area contributed by atoms with E-state index in [1.54, 1.807) is 4.90 Å². The number of amides is 1. The number of nitrogens with zero attached hydrogens (tertiary/aromatic N) is 1. The molecule has 0 saturated carbocycles. The number of hydrogen-bond donors (Lipinski definition) is 1. The zero-order valence-corrected chi connectivity index (χ0v) is 10.8. The Bertz CT molecular complexity index is 293. The third kappa shape index (κ3) is 2.97. The fourth-order valence-electron chi connectivity index (χ4n) is 2.10. The molecule has 3 atom stereocenters. The van der Waals surface area contributed by atoms with Gasteiger partial charge in [0.2, 0.25) is 5.91 Å². The Morgan fingerprint density at radius 1 is 1.53 bits per heavy atom. The van der Waals surface area contributed by atoms with Gasteiger partial charge in [0, 0.05) is 6.54 Å². The summed E-state index contributed by atoms with van der Waals surface area (Å²) >= 11 is 0. The van der Waals surface area contributed by atoms with Crippen LogP contribution in [-0.2, 0) is 14.3 Å². The molecule has 1 amide bonds. The van der Waals surface area contributed by atoms with Gasteiger partial charge in [-0.2, -0.15) is 0 Å². The molecule has 0 aromatic heterocycles. The van der Waals surface area contributed by atoms with E-state index >= 15 is 0 Å². The van der Waals surface area contributed by atoms with Crippen LogP contribution in [-0.4, -0.2) is 42.5 Å². The van der Waals surface area contributed by atoms with Crippen LogP contribution >= 0.6 is 0 Å². The fourth-order valence-corrected chi connectivity index (χ4v) is 2.10. The molecule has 0 aliphatic carbocycles. The van der Waals surface area contributed by atoms with Crippen LogP contribution in [0.4, 0.5) is 0 Å². The van der Waals surface area contributed by atoms with Gasteiger partial charge in [-0.05, 0) is 18.8 Å². The highest BCUT2D eigenvalue weighted by Crippen LogP contribution is 2.21. The van der Waals surface area contributed by atoms with Gasteiger partial charge >= 0.3 is 5.97 Å². The molecule has 2 unspecified atom stereocenters. The lowest BCUT2D eigenvalue weighted by molar-refractivity contribution is -0.151. The van der Waals surface area contributed by atoms with E-state index in [1.165, 1.54) is 7.11 Å². The van der Waals surface area contributed by atoms with Crippen LogP contribution in [0.15, 0.2) is 0 Å². The number of hydrogen-bond acceptors (Lipinski definition) is 4. The van der Waals surface area contributed by atoms with Gasteiger partial charge in [0.15, 0.2) is 0 Å². The number of carbonyl (C=O) groups excluding carboxylic acids is 2. The topological polar surface area (TPSA) is 72.6 Å². The highest BCUT2D eigenvalue weighted by atomic mass is 16.5. The summed E-state index contributed by atoms with van der Waals surface area (Å²) in [5.41, 5.74) is 5.91. The molecule has 1 saturated heterocycles. The van der Waals surface area contributed by atoms with E-state index in [2.05, 4.69) is 0 Å². The second-order valence-corrected chi connectivity index (χ2v) is 4.62. The monoisotopic (exact) mass is 242 g/mol. The highest BCUT2D eigenvalue weighted by molar-refractivity contribution is 5.88. The lowest BCUT2D eigenvalue weighted by Crippen LogP contribution is -2.50. The van der Waals surface area contributed by atoms with Crippen LogP contribution in [0, 0.1) is 5.92 Å². The minimum Gasteiger partial charge on any atom is -0.467 e. The Kier molecular flexibility index (Phi) is 4.93.